The van der Waals surface area contributed by atoms with Crippen LogP contribution in [0.15, 0.2) is 0 Å². The number of guanidine groups is 1. The Kier molecular flexibility index (Phi) is 11.6. The Labute approximate surface area is 40.3 Å². The van der Waals surface area contributed by atoms with Crippen LogP contribution in [-0.2, 0) is 4.79 Å². The summed E-state index contributed by atoms with van der Waals surface area (Å²) >= 11 is 0. The van der Waals surface area contributed by atoms with Crippen LogP contribution in [-0.4, -0.2) is 12.0 Å². The van der Waals surface area contributed by atoms with E-state index in [1.807, 2.05) is 0 Å². The van der Waals surface area contributed by atoms with Crippen molar-refractivity contribution >= 4 is 12.0 Å². The predicted molar refractivity (Wildman–Crippen MR) is 24.5 cm³/mol. The van der Waals surface area contributed by atoms with E-state index in [4.69, 9.17) is 15.6 Å². The van der Waals surface area contributed by atoms with Crippen LogP contribution in [0, 0.1) is 10.8 Å². The quantitative estimate of drug-likeness (QED) is 0.174. The molecule has 0 aromatic heterocycles. The smallest absolute Gasteiger partial charge is 0.231 e. The minimum absolute atomic E-state index is 0.333. The molecule has 0 fully saturated rings. The van der Waals surface area contributed by atoms with Crippen molar-refractivity contribution in [1.82, 2.24) is 0 Å². The topological polar surface area (TPSA) is 117 Å². The highest BCUT2D eigenvalue weighted by molar-refractivity contribution is 5.71. The summed E-state index contributed by atoms with van der Waals surface area (Å²) in [6, 6.07) is 0. The first-order chi connectivity index (χ1) is 3.15. The average Bonchev–Trinajstić information content (AvgIpc) is 1.33. The number of rotatable bonds is 0. The van der Waals surface area contributed by atoms with Gasteiger partial charge in [-0.15, -0.1) is 0 Å². The summed E-state index contributed by atoms with van der Waals surface area (Å²) in [5.41, 5.74) is 8.94. The van der Waals surface area contributed by atoms with Gasteiger partial charge in [-0.3, -0.25) is 5.41 Å². The Bertz CT molecular complexity index is 77.7. The lowest BCUT2D eigenvalue weighted by Gasteiger charge is -1.69. The van der Waals surface area contributed by atoms with E-state index in [9.17, 15) is 0 Å². The van der Waals surface area contributed by atoms with Crippen LogP contribution < -0.4 is 11.5 Å². The van der Waals surface area contributed by atoms with Crippen LogP contribution in [0.25, 0.3) is 0 Å². The SMILES string of the molecule is N=C(N)N.N=C=O. The summed E-state index contributed by atoms with van der Waals surface area (Å²) in [6.45, 7) is 0. The molecule has 0 spiro atoms. The molecule has 7 heavy (non-hydrogen) atoms. The lowest BCUT2D eigenvalue weighted by Crippen LogP contribution is -2.20. The fraction of sp³-hybridized carbons (Fsp3) is 0. The van der Waals surface area contributed by atoms with Crippen LogP contribution >= 0.6 is 0 Å². The average molecular weight is 102 g/mol. The van der Waals surface area contributed by atoms with Crippen molar-refractivity contribution < 1.29 is 4.79 Å². The van der Waals surface area contributed by atoms with Crippen molar-refractivity contribution in [3.05, 3.63) is 0 Å². The van der Waals surface area contributed by atoms with Gasteiger partial charge in [0, 0.05) is 0 Å². The van der Waals surface area contributed by atoms with Crippen LogP contribution in [0.4, 0.5) is 0 Å². The van der Waals surface area contributed by atoms with Gasteiger partial charge in [0.25, 0.3) is 0 Å². The van der Waals surface area contributed by atoms with Gasteiger partial charge in [-0.2, -0.15) is 0 Å². The Morgan fingerprint density at radius 1 is 1.57 bits per heavy atom. The van der Waals surface area contributed by atoms with E-state index in [1.54, 1.807) is 0 Å². The number of hydrogen-bond acceptors (Lipinski definition) is 3. The highest BCUT2D eigenvalue weighted by atomic mass is 16.1. The molecule has 0 aromatic carbocycles. The second kappa shape index (κ2) is 8.82. The van der Waals surface area contributed by atoms with Gasteiger partial charge < -0.3 is 11.5 Å². The van der Waals surface area contributed by atoms with Gasteiger partial charge in [-0.25, -0.2) is 10.2 Å². The zero-order valence-corrected chi connectivity index (χ0v) is 3.56. The fourth-order valence-electron chi connectivity index (χ4n) is 0. The maximum absolute atomic E-state index is 8.35. The molecule has 0 aromatic rings. The van der Waals surface area contributed by atoms with Crippen LogP contribution in [0.3, 0.4) is 0 Å². The molecular weight excluding hydrogens is 96.0 g/mol. The van der Waals surface area contributed by atoms with Crippen molar-refractivity contribution in [3.8, 4) is 0 Å². The highest BCUT2D eigenvalue weighted by Crippen LogP contribution is 1.13. The molecular formula is C2H6N4O. The number of hydrogen-bond donors (Lipinski definition) is 4. The molecule has 0 saturated carbocycles. The van der Waals surface area contributed by atoms with E-state index >= 15 is 0 Å². The Morgan fingerprint density at radius 2 is 1.57 bits per heavy atom. The van der Waals surface area contributed by atoms with E-state index in [2.05, 4.69) is 11.5 Å². The van der Waals surface area contributed by atoms with Crippen molar-refractivity contribution in [2.75, 3.05) is 0 Å². The van der Waals surface area contributed by atoms with E-state index < -0.39 is 0 Å². The number of carbonyl (C=O) groups excluding carboxylic acids is 1. The molecule has 5 nitrogen and oxygen atoms in total. The normalized spacial score (nSPS) is 4.57. The molecule has 0 atom stereocenters. The maximum Gasteiger partial charge on any atom is 0.231 e. The molecule has 0 radical (unpaired) electrons. The zero-order chi connectivity index (χ0) is 6.28. The van der Waals surface area contributed by atoms with Gasteiger partial charge >= 0.3 is 0 Å². The summed E-state index contributed by atoms with van der Waals surface area (Å²) < 4.78 is 0. The van der Waals surface area contributed by atoms with Crippen molar-refractivity contribution in [2.45, 2.75) is 0 Å². The zero-order valence-electron chi connectivity index (χ0n) is 3.56. The Hall–Kier alpha value is -1.35. The first-order valence-electron chi connectivity index (χ1n) is 1.28. The summed E-state index contributed by atoms with van der Waals surface area (Å²) in [5.74, 6) is -0.333. The molecule has 0 aliphatic carbocycles. The molecule has 0 rings (SSSR count). The standard InChI is InChI=1S/CH5N3.CHNO/c2-1(3)4;2-1-3/h(H5,2,3,4);2H. The van der Waals surface area contributed by atoms with Gasteiger partial charge in [-0.05, 0) is 0 Å². The molecule has 40 valence electrons. The van der Waals surface area contributed by atoms with E-state index in [-0.39, 0.29) is 5.96 Å². The lowest BCUT2D eigenvalue weighted by atomic mass is 11.1. The minimum atomic E-state index is -0.333. The molecule has 0 unspecified atom stereocenters. The Morgan fingerprint density at radius 3 is 1.57 bits per heavy atom. The molecule has 6 N–H and O–H groups in total. The maximum atomic E-state index is 8.35. The molecule has 5 heteroatoms. The third-order valence-electron chi connectivity index (χ3n) is 0. The van der Waals surface area contributed by atoms with Crippen LogP contribution in [0.1, 0.15) is 0 Å². The molecule has 0 saturated heterocycles. The predicted octanol–water partition coefficient (Wildman–Crippen LogP) is -1.26. The molecule has 0 bridgehead atoms. The first kappa shape index (κ1) is 9.17. The fourth-order valence-corrected chi connectivity index (χ4v) is 0. The van der Waals surface area contributed by atoms with Crippen LogP contribution in [0.2, 0.25) is 0 Å². The monoisotopic (exact) mass is 102 g/mol. The van der Waals surface area contributed by atoms with Gasteiger partial charge in [0.15, 0.2) is 5.96 Å². The van der Waals surface area contributed by atoms with Gasteiger partial charge in [0.2, 0.25) is 6.08 Å². The van der Waals surface area contributed by atoms with Gasteiger partial charge in [0.05, 0.1) is 0 Å². The third kappa shape index (κ3) is 17.9. The van der Waals surface area contributed by atoms with Crippen LogP contribution in [0.5, 0.6) is 0 Å². The van der Waals surface area contributed by atoms with E-state index in [1.165, 1.54) is 0 Å². The van der Waals surface area contributed by atoms with Gasteiger partial charge in [-0.1, -0.05) is 0 Å². The van der Waals surface area contributed by atoms with Gasteiger partial charge in [0.1, 0.15) is 0 Å². The summed E-state index contributed by atoms with van der Waals surface area (Å²) in [5, 5.41) is 11.5. The van der Waals surface area contributed by atoms with E-state index in [0.717, 1.165) is 6.08 Å². The molecule has 0 amide bonds. The Balaban J connectivity index is 0. The second-order valence-electron chi connectivity index (χ2n) is 0.557. The van der Waals surface area contributed by atoms with E-state index in [0.29, 0.717) is 0 Å². The molecule has 0 heterocycles. The lowest BCUT2D eigenvalue weighted by molar-refractivity contribution is 0.563. The number of nitrogens with one attached hydrogen (secondary N) is 2. The highest BCUT2D eigenvalue weighted by Gasteiger charge is 1.52. The third-order valence-corrected chi connectivity index (χ3v) is 0. The minimum Gasteiger partial charge on any atom is -0.370 e. The number of nitrogens with two attached hydrogens (primary N) is 2. The second-order valence-corrected chi connectivity index (χ2v) is 0.557. The summed E-state index contributed by atoms with van der Waals surface area (Å²) in [6.07, 6.45) is 0.750. The summed E-state index contributed by atoms with van der Waals surface area (Å²) in [7, 11) is 0. The van der Waals surface area contributed by atoms with Crippen molar-refractivity contribution in [2.24, 2.45) is 11.5 Å². The molecule has 0 aliphatic heterocycles. The molecule has 0 aliphatic rings. The van der Waals surface area contributed by atoms with Crippen molar-refractivity contribution in [3.63, 3.8) is 0 Å². The largest absolute Gasteiger partial charge is 0.370 e. The first-order valence-corrected chi connectivity index (χ1v) is 1.28. The number of isocyanates is 1. The van der Waals surface area contributed by atoms with Crippen molar-refractivity contribution in [1.29, 1.82) is 10.8 Å². The summed E-state index contributed by atoms with van der Waals surface area (Å²) in [4.78, 5) is 8.35.